The van der Waals surface area contributed by atoms with Gasteiger partial charge in [-0.2, -0.15) is 0 Å². The van der Waals surface area contributed by atoms with Gasteiger partial charge in [-0.3, -0.25) is 19.3 Å². The van der Waals surface area contributed by atoms with Crippen molar-refractivity contribution in [3.05, 3.63) is 35.9 Å². The first-order chi connectivity index (χ1) is 8.72. The van der Waals surface area contributed by atoms with Crippen LogP contribution in [-0.2, 0) is 15.6 Å². The summed E-state index contributed by atoms with van der Waals surface area (Å²) in [5.74, 6) is 6.25. The van der Waals surface area contributed by atoms with Crippen LogP contribution in [0.15, 0.2) is 30.3 Å². The molecule has 2 rings (SSSR count). The Hall–Kier alpha value is -1.24. The van der Waals surface area contributed by atoms with E-state index in [-0.39, 0.29) is 5.91 Å². The molecule has 1 aromatic carbocycles. The highest BCUT2D eigenvalue weighted by molar-refractivity contribution is 7.85. The van der Waals surface area contributed by atoms with Crippen LogP contribution in [0.1, 0.15) is 11.6 Å². The molecule has 98 valence electrons. The lowest BCUT2D eigenvalue weighted by Gasteiger charge is -2.33. The molecule has 1 unspecified atom stereocenters. The molecular formula is C12H17N3O2S. The predicted molar refractivity (Wildman–Crippen MR) is 71.0 cm³/mol. The molecule has 5 nitrogen and oxygen atoms in total. The molecule has 1 atom stereocenters. The molecule has 1 aliphatic heterocycles. The third kappa shape index (κ3) is 2.95. The van der Waals surface area contributed by atoms with Crippen molar-refractivity contribution in [3.8, 4) is 0 Å². The van der Waals surface area contributed by atoms with Gasteiger partial charge < -0.3 is 0 Å². The van der Waals surface area contributed by atoms with Gasteiger partial charge in [0.15, 0.2) is 0 Å². The molecule has 0 spiro atoms. The van der Waals surface area contributed by atoms with E-state index in [0.717, 1.165) is 5.56 Å². The second-order valence-corrected chi connectivity index (χ2v) is 5.90. The van der Waals surface area contributed by atoms with Crippen LogP contribution in [0.4, 0.5) is 0 Å². The number of hydrogen-bond donors (Lipinski definition) is 2. The summed E-state index contributed by atoms with van der Waals surface area (Å²) in [5, 5.41) is 0. The average molecular weight is 267 g/mol. The van der Waals surface area contributed by atoms with Crippen molar-refractivity contribution >= 4 is 16.7 Å². The summed E-state index contributed by atoms with van der Waals surface area (Å²) >= 11 is 0. The zero-order valence-electron chi connectivity index (χ0n) is 10.0. The number of nitrogens with two attached hydrogens (primary N) is 1. The van der Waals surface area contributed by atoms with E-state index in [0.29, 0.717) is 24.6 Å². The molecule has 1 aliphatic rings. The number of amides is 1. The van der Waals surface area contributed by atoms with E-state index in [1.165, 1.54) is 0 Å². The Morgan fingerprint density at radius 1 is 1.28 bits per heavy atom. The lowest BCUT2D eigenvalue weighted by atomic mass is 10.0. The third-order valence-electron chi connectivity index (χ3n) is 3.08. The van der Waals surface area contributed by atoms with Crippen LogP contribution < -0.4 is 11.3 Å². The van der Waals surface area contributed by atoms with Crippen LogP contribution in [0.25, 0.3) is 0 Å². The van der Waals surface area contributed by atoms with E-state index in [9.17, 15) is 9.00 Å². The zero-order chi connectivity index (χ0) is 13.0. The van der Waals surface area contributed by atoms with Gasteiger partial charge in [0, 0.05) is 35.4 Å². The normalized spacial score (nSPS) is 19.4. The first-order valence-electron chi connectivity index (χ1n) is 5.87. The highest BCUT2D eigenvalue weighted by atomic mass is 32.2. The maximum atomic E-state index is 11.9. The molecule has 1 saturated heterocycles. The molecule has 0 radical (unpaired) electrons. The summed E-state index contributed by atoms with van der Waals surface area (Å²) < 4.78 is 11.4. The topological polar surface area (TPSA) is 75.4 Å². The molecule has 1 heterocycles. The molecule has 18 heavy (non-hydrogen) atoms. The van der Waals surface area contributed by atoms with E-state index in [1.807, 2.05) is 35.2 Å². The van der Waals surface area contributed by atoms with Gasteiger partial charge in [-0.25, -0.2) is 5.84 Å². The van der Waals surface area contributed by atoms with Crippen molar-refractivity contribution in [1.29, 1.82) is 0 Å². The zero-order valence-corrected chi connectivity index (χ0v) is 10.9. The summed E-state index contributed by atoms with van der Waals surface area (Å²) in [4.78, 5) is 14.0. The molecular weight excluding hydrogens is 250 g/mol. The molecule has 1 fully saturated rings. The van der Waals surface area contributed by atoms with Crippen molar-refractivity contribution in [2.24, 2.45) is 5.84 Å². The Morgan fingerprint density at radius 2 is 1.89 bits per heavy atom. The highest BCUT2D eigenvalue weighted by Crippen LogP contribution is 2.22. The lowest BCUT2D eigenvalue weighted by molar-refractivity contribution is -0.126. The van der Waals surface area contributed by atoms with Crippen LogP contribution in [0.3, 0.4) is 0 Å². The maximum Gasteiger partial charge on any atom is 0.255 e. The van der Waals surface area contributed by atoms with E-state index >= 15 is 0 Å². The van der Waals surface area contributed by atoms with Gasteiger partial charge >= 0.3 is 0 Å². The van der Waals surface area contributed by atoms with Gasteiger partial charge in [0.1, 0.15) is 6.04 Å². The van der Waals surface area contributed by atoms with Crippen LogP contribution in [0.2, 0.25) is 0 Å². The van der Waals surface area contributed by atoms with E-state index in [2.05, 4.69) is 5.43 Å². The standard InChI is InChI=1S/C12H17N3O2S/c13-14-12(16)11(10-4-2-1-3-5-10)15-6-8-18(17)9-7-15/h1-5,11H,6-9,13H2,(H,14,16). The number of hydrazine groups is 1. The van der Waals surface area contributed by atoms with Gasteiger partial charge in [-0.15, -0.1) is 0 Å². The third-order valence-corrected chi connectivity index (χ3v) is 4.36. The van der Waals surface area contributed by atoms with E-state index < -0.39 is 16.8 Å². The summed E-state index contributed by atoms with van der Waals surface area (Å²) in [6.07, 6.45) is 0. The van der Waals surface area contributed by atoms with Crippen LogP contribution in [0.5, 0.6) is 0 Å². The number of benzene rings is 1. The number of carbonyl (C=O) groups is 1. The number of rotatable bonds is 3. The first kappa shape index (κ1) is 13.2. The van der Waals surface area contributed by atoms with Crippen LogP contribution in [0, 0.1) is 0 Å². The predicted octanol–water partition coefficient (Wildman–Crippen LogP) is -0.218. The Morgan fingerprint density at radius 3 is 2.44 bits per heavy atom. The molecule has 3 N–H and O–H groups in total. The van der Waals surface area contributed by atoms with Crippen molar-refractivity contribution in [2.45, 2.75) is 6.04 Å². The first-order valence-corrected chi connectivity index (χ1v) is 7.35. The minimum absolute atomic E-state index is 0.228. The van der Waals surface area contributed by atoms with Crippen LogP contribution in [-0.4, -0.2) is 39.6 Å². The fourth-order valence-electron chi connectivity index (χ4n) is 2.15. The van der Waals surface area contributed by atoms with Crippen molar-refractivity contribution in [2.75, 3.05) is 24.6 Å². The minimum atomic E-state index is -0.754. The van der Waals surface area contributed by atoms with E-state index in [4.69, 9.17) is 5.84 Å². The fourth-order valence-corrected chi connectivity index (χ4v) is 3.23. The van der Waals surface area contributed by atoms with Crippen molar-refractivity contribution < 1.29 is 9.00 Å². The highest BCUT2D eigenvalue weighted by Gasteiger charge is 2.29. The molecule has 0 aliphatic carbocycles. The minimum Gasteiger partial charge on any atom is -0.293 e. The monoisotopic (exact) mass is 267 g/mol. The Kier molecular flexibility index (Phi) is 4.46. The number of carbonyl (C=O) groups excluding carboxylic acids is 1. The number of hydrogen-bond acceptors (Lipinski definition) is 4. The molecule has 0 aromatic heterocycles. The van der Waals surface area contributed by atoms with Gasteiger partial charge in [0.05, 0.1) is 0 Å². The largest absolute Gasteiger partial charge is 0.293 e. The quantitative estimate of drug-likeness (QED) is 0.451. The van der Waals surface area contributed by atoms with Gasteiger partial charge in [0.2, 0.25) is 0 Å². The molecule has 1 aromatic rings. The molecule has 0 bridgehead atoms. The van der Waals surface area contributed by atoms with Gasteiger partial charge in [0.25, 0.3) is 5.91 Å². The smallest absolute Gasteiger partial charge is 0.255 e. The number of nitrogens with one attached hydrogen (secondary N) is 1. The summed E-state index contributed by atoms with van der Waals surface area (Å²) in [5.41, 5.74) is 3.13. The van der Waals surface area contributed by atoms with Crippen molar-refractivity contribution in [3.63, 3.8) is 0 Å². The van der Waals surface area contributed by atoms with Crippen LogP contribution >= 0.6 is 0 Å². The second kappa shape index (κ2) is 6.08. The Bertz CT molecular complexity index is 428. The molecule has 6 heteroatoms. The lowest BCUT2D eigenvalue weighted by Crippen LogP contribution is -2.47. The summed E-state index contributed by atoms with van der Waals surface area (Å²) in [6.45, 7) is 1.30. The van der Waals surface area contributed by atoms with Crippen molar-refractivity contribution in [1.82, 2.24) is 10.3 Å². The average Bonchev–Trinajstić information content (AvgIpc) is 2.42. The SMILES string of the molecule is NNC(=O)C(c1ccccc1)N1CCS(=O)CC1. The van der Waals surface area contributed by atoms with E-state index in [1.54, 1.807) is 0 Å². The summed E-state index contributed by atoms with van der Waals surface area (Å²) in [7, 11) is -0.754. The van der Waals surface area contributed by atoms with Gasteiger partial charge in [-0.05, 0) is 5.56 Å². The van der Waals surface area contributed by atoms with Gasteiger partial charge in [-0.1, -0.05) is 30.3 Å². The Labute approximate surface area is 109 Å². The molecule has 1 amide bonds. The summed E-state index contributed by atoms with van der Waals surface area (Å²) in [6, 6.07) is 9.12. The number of nitrogens with zero attached hydrogens (tertiary/aromatic N) is 1. The Balaban J connectivity index is 2.21. The molecule has 0 saturated carbocycles. The second-order valence-electron chi connectivity index (χ2n) is 4.21. The fraction of sp³-hybridized carbons (Fsp3) is 0.417. The maximum absolute atomic E-state index is 11.9.